The molecule has 2 amide bonds. The van der Waals surface area contributed by atoms with E-state index >= 15 is 0 Å². The number of rotatable bonds is 5. The standard InChI is InChI=1S/C18H16N2O4/c1-11(22)14-6-13(10-21)7-15(8-14)18(24)20-17-5-3-4-16(9-17)19-12(2)23/h3-10H,1-2H3,(H,19,23)(H,20,24). The van der Waals surface area contributed by atoms with Crippen LogP contribution in [-0.4, -0.2) is 23.9 Å². The quantitative estimate of drug-likeness (QED) is 0.653. The zero-order chi connectivity index (χ0) is 17.7. The second kappa shape index (κ2) is 7.32. The minimum absolute atomic E-state index is 0.203. The molecule has 2 N–H and O–H groups in total. The summed E-state index contributed by atoms with van der Waals surface area (Å²) in [5, 5.41) is 5.29. The van der Waals surface area contributed by atoms with Gasteiger partial charge in [0, 0.05) is 35.0 Å². The van der Waals surface area contributed by atoms with Gasteiger partial charge in [0.25, 0.3) is 5.91 Å². The molecule has 0 aliphatic heterocycles. The van der Waals surface area contributed by atoms with E-state index in [4.69, 9.17) is 0 Å². The zero-order valence-electron chi connectivity index (χ0n) is 13.3. The Morgan fingerprint density at radius 1 is 0.875 bits per heavy atom. The zero-order valence-corrected chi connectivity index (χ0v) is 13.3. The molecule has 0 heterocycles. The van der Waals surface area contributed by atoms with Gasteiger partial charge in [0.05, 0.1) is 0 Å². The first-order chi connectivity index (χ1) is 11.4. The van der Waals surface area contributed by atoms with E-state index in [-0.39, 0.29) is 28.4 Å². The van der Waals surface area contributed by atoms with Crippen LogP contribution in [0.4, 0.5) is 11.4 Å². The summed E-state index contributed by atoms with van der Waals surface area (Å²) >= 11 is 0. The van der Waals surface area contributed by atoms with Crippen molar-refractivity contribution in [3.8, 4) is 0 Å². The number of anilines is 2. The van der Waals surface area contributed by atoms with Gasteiger partial charge in [-0.2, -0.15) is 0 Å². The summed E-state index contributed by atoms with van der Waals surface area (Å²) in [7, 11) is 0. The topological polar surface area (TPSA) is 92.3 Å². The largest absolute Gasteiger partial charge is 0.326 e. The summed E-state index contributed by atoms with van der Waals surface area (Å²) < 4.78 is 0. The SMILES string of the molecule is CC(=O)Nc1cccc(NC(=O)c2cc(C=O)cc(C(C)=O)c2)c1. The molecule has 2 aromatic rings. The Bertz CT molecular complexity index is 828. The Morgan fingerprint density at radius 2 is 1.50 bits per heavy atom. The predicted molar refractivity (Wildman–Crippen MR) is 90.5 cm³/mol. The molecule has 0 unspecified atom stereocenters. The second-order valence-corrected chi connectivity index (χ2v) is 5.23. The molecule has 6 nitrogen and oxygen atoms in total. The van der Waals surface area contributed by atoms with Gasteiger partial charge < -0.3 is 10.6 Å². The third-order valence-corrected chi connectivity index (χ3v) is 3.20. The average Bonchev–Trinajstić information content (AvgIpc) is 2.54. The minimum atomic E-state index is -0.457. The normalized spacial score (nSPS) is 9.92. The van der Waals surface area contributed by atoms with Crippen LogP contribution in [0.5, 0.6) is 0 Å². The molecule has 6 heteroatoms. The lowest BCUT2D eigenvalue weighted by Crippen LogP contribution is -2.14. The monoisotopic (exact) mass is 324 g/mol. The van der Waals surface area contributed by atoms with Crippen LogP contribution in [0, 0.1) is 0 Å². The maximum absolute atomic E-state index is 12.4. The van der Waals surface area contributed by atoms with Crippen LogP contribution in [0.3, 0.4) is 0 Å². The number of hydrogen-bond donors (Lipinski definition) is 2. The third kappa shape index (κ3) is 4.36. The van der Waals surface area contributed by atoms with E-state index in [0.29, 0.717) is 17.7 Å². The molecular formula is C18H16N2O4. The van der Waals surface area contributed by atoms with Gasteiger partial charge >= 0.3 is 0 Å². The summed E-state index contributed by atoms with van der Waals surface area (Å²) in [4.78, 5) is 45.9. The van der Waals surface area contributed by atoms with Crippen molar-refractivity contribution in [2.75, 3.05) is 10.6 Å². The number of nitrogens with one attached hydrogen (secondary N) is 2. The number of benzene rings is 2. The molecule has 0 atom stereocenters. The lowest BCUT2D eigenvalue weighted by molar-refractivity contribution is -0.114. The first kappa shape index (κ1) is 17.1. The fourth-order valence-corrected chi connectivity index (χ4v) is 2.14. The maximum atomic E-state index is 12.4. The van der Waals surface area contributed by atoms with Crippen LogP contribution < -0.4 is 10.6 Å². The molecule has 0 radical (unpaired) electrons. The average molecular weight is 324 g/mol. The highest BCUT2D eigenvalue weighted by molar-refractivity contribution is 6.07. The molecule has 0 aliphatic carbocycles. The highest BCUT2D eigenvalue weighted by atomic mass is 16.2. The first-order valence-electron chi connectivity index (χ1n) is 7.19. The number of Topliss-reactive ketones (excluding diaryl/α,β-unsaturated/α-hetero) is 1. The highest BCUT2D eigenvalue weighted by Gasteiger charge is 2.11. The lowest BCUT2D eigenvalue weighted by atomic mass is 10.0. The van der Waals surface area contributed by atoms with Gasteiger partial charge in [-0.1, -0.05) is 6.07 Å². The summed E-state index contributed by atoms with van der Waals surface area (Å²) in [6.07, 6.45) is 0.584. The van der Waals surface area contributed by atoms with Crippen molar-refractivity contribution in [2.24, 2.45) is 0 Å². The van der Waals surface area contributed by atoms with Gasteiger partial charge in [-0.05, 0) is 43.3 Å². The molecule has 0 spiro atoms. The van der Waals surface area contributed by atoms with E-state index in [2.05, 4.69) is 10.6 Å². The summed E-state index contributed by atoms with van der Waals surface area (Å²) in [5.74, 6) is -0.912. The van der Waals surface area contributed by atoms with Gasteiger partial charge in [0.15, 0.2) is 5.78 Å². The third-order valence-electron chi connectivity index (χ3n) is 3.20. The molecule has 0 fully saturated rings. The molecule has 122 valence electrons. The van der Waals surface area contributed by atoms with E-state index in [1.54, 1.807) is 24.3 Å². The number of amides is 2. The second-order valence-electron chi connectivity index (χ2n) is 5.23. The Kier molecular flexibility index (Phi) is 5.21. The van der Waals surface area contributed by atoms with E-state index in [9.17, 15) is 19.2 Å². The van der Waals surface area contributed by atoms with Crippen molar-refractivity contribution in [3.05, 3.63) is 59.2 Å². The predicted octanol–water partition coefficient (Wildman–Crippen LogP) is 2.91. The first-order valence-corrected chi connectivity index (χ1v) is 7.19. The van der Waals surface area contributed by atoms with Gasteiger partial charge in [-0.15, -0.1) is 0 Å². The molecule has 0 aliphatic rings. The molecular weight excluding hydrogens is 308 g/mol. The van der Waals surface area contributed by atoms with Crippen LogP contribution in [0.1, 0.15) is 44.9 Å². The molecule has 0 saturated heterocycles. The summed E-state index contributed by atoms with van der Waals surface area (Å²) in [6, 6.07) is 10.9. The van der Waals surface area contributed by atoms with Gasteiger partial charge in [0.2, 0.25) is 5.91 Å². The fourth-order valence-electron chi connectivity index (χ4n) is 2.14. The maximum Gasteiger partial charge on any atom is 0.255 e. The fraction of sp³-hybridized carbons (Fsp3) is 0.111. The molecule has 0 aromatic heterocycles. The van der Waals surface area contributed by atoms with E-state index < -0.39 is 5.91 Å². The van der Waals surface area contributed by atoms with Crippen LogP contribution in [0.25, 0.3) is 0 Å². The van der Waals surface area contributed by atoms with Gasteiger partial charge in [0.1, 0.15) is 6.29 Å². The van der Waals surface area contributed by atoms with Gasteiger partial charge in [-0.25, -0.2) is 0 Å². The van der Waals surface area contributed by atoms with Gasteiger partial charge in [-0.3, -0.25) is 19.2 Å². The number of ketones is 1. The van der Waals surface area contributed by atoms with E-state index in [1.807, 2.05) is 0 Å². The number of hydrogen-bond acceptors (Lipinski definition) is 4. The summed E-state index contributed by atoms with van der Waals surface area (Å²) in [5.41, 5.74) is 1.77. The van der Waals surface area contributed by atoms with Crippen molar-refractivity contribution >= 4 is 35.3 Å². The Labute approximate surface area is 138 Å². The lowest BCUT2D eigenvalue weighted by Gasteiger charge is -2.09. The van der Waals surface area contributed by atoms with Crippen LogP contribution in [0.2, 0.25) is 0 Å². The molecule has 0 bridgehead atoms. The number of carbonyl (C=O) groups is 4. The molecule has 24 heavy (non-hydrogen) atoms. The number of carbonyl (C=O) groups excluding carboxylic acids is 4. The molecule has 2 aromatic carbocycles. The Hall–Kier alpha value is -3.28. The Balaban J connectivity index is 2.26. The van der Waals surface area contributed by atoms with Crippen molar-refractivity contribution in [1.29, 1.82) is 0 Å². The van der Waals surface area contributed by atoms with E-state index in [1.165, 1.54) is 32.0 Å². The van der Waals surface area contributed by atoms with Crippen molar-refractivity contribution in [2.45, 2.75) is 13.8 Å². The summed E-state index contributed by atoms with van der Waals surface area (Å²) in [6.45, 7) is 2.75. The Morgan fingerprint density at radius 3 is 2.08 bits per heavy atom. The van der Waals surface area contributed by atoms with E-state index in [0.717, 1.165) is 0 Å². The molecule has 2 rings (SSSR count). The van der Waals surface area contributed by atoms with Crippen molar-refractivity contribution < 1.29 is 19.2 Å². The van der Waals surface area contributed by atoms with Crippen LogP contribution >= 0.6 is 0 Å². The van der Waals surface area contributed by atoms with Crippen molar-refractivity contribution in [1.82, 2.24) is 0 Å². The van der Waals surface area contributed by atoms with Crippen molar-refractivity contribution in [3.63, 3.8) is 0 Å². The number of aldehydes is 1. The smallest absolute Gasteiger partial charge is 0.255 e. The van der Waals surface area contributed by atoms with Crippen LogP contribution in [-0.2, 0) is 4.79 Å². The highest BCUT2D eigenvalue weighted by Crippen LogP contribution is 2.17. The minimum Gasteiger partial charge on any atom is -0.326 e. The van der Waals surface area contributed by atoms with Crippen LogP contribution in [0.15, 0.2) is 42.5 Å². The molecule has 0 saturated carbocycles.